The lowest BCUT2D eigenvalue weighted by Gasteiger charge is -2.49. The first-order chi connectivity index (χ1) is 18.4. The van der Waals surface area contributed by atoms with Gasteiger partial charge in [0.15, 0.2) is 0 Å². The molecule has 5 fully saturated rings. The Morgan fingerprint density at radius 3 is 2.55 bits per heavy atom. The predicted molar refractivity (Wildman–Crippen MR) is 152 cm³/mol. The first kappa shape index (κ1) is 29.2. The van der Waals surface area contributed by atoms with Gasteiger partial charge >= 0.3 is 0 Å². The molecular formula is C28H54N6O3S. The van der Waals surface area contributed by atoms with Crippen LogP contribution in [0.2, 0.25) is 0 Å². The van der Waals surface area contributed by atoms with Gasteiger partial charge in [-0.05, 0) is 83.3 Å². The van der Waals surface area contributed by atoms with Crippen LogP contribution < -0.4 is 15.5 Å². The van der Waals surface area contributed by atoms with Crippen LogP contribution >= 0.6 is 0 Å². The normalized spacial score (nSPS) is 36.1. The summed E-state index contributed by atoms with van der Waals surface area (Å²) >= 11 is 0. The first-order valence-electron chi connectivity index (χ1n) is 15.6. The summed E-state index contributed by atoms with van der Waals surface area (Å²) in [5.41, 5.74) is 3.92. The van der Waals surface area contributed by atoms with Crippen molar-refractivity contribution in [2.75, 3.05) is 59.2 Å². The summed E-state index contributed by atoms with van der Waals surface area (Å²) in [4.78, 5) is 5.42. The highest BCUT2D eigenvalue weighted by atomic mass is 32.2. The summed E-state index contributed by atoms with van der Waals surface area (Å²) in [6.07, 6.45) is 16.5. The predicted octanol–water partition coefficient (Wildman–Crippen LogP) is 1.76. The van der Waals surface area contributed by atoms with Gasteiger partial charge in [0, 0.05) is 57.5 Å². The maximum absolute atomic E-state index is 11.8. The number of piperidine rings is 1. The molecule has 0 radical (unpaired) electrons. The van der Waals surface area contributed by atoms with Crippen LogP contribution in [-0.2, 0) is 14.8 Å². The summed E-state index contributed by atoms with van der Waals surface area (Å²) in [5, 5.41) is 6.43. The third kappa shape index (κ3) is 7.29. The number of nitrogens with one attached hydrogen (secondary N) is 3. The van der Waals surface area contributed by atoms with Crippen molar-refractivity contribution in [2.24, 2.45) is 5.92 Å². The number of hydrogen-bond acceptors (Lipinski definition) is 8. The van der Waals surface area contributed by atoms with E-state index >= 15 is 0 Å². The molecule has 38 heavy (non-hydrogen) atoms. The van der Waals surface area contributed by atoms with Crippen molar-refractivity contribution < 1.29 is 13.2 Å². The molecule has 0 aromatic carbocycles. The minimum atomic E-state index is -3.18. The monoisotopic (exact) mass is 554 g/mol. The van der Waals surface area contributed by atoms with E-state index in [2.05, 4.69) is 30.3 Å². The Morgan fingerprint density at radius 1 is 0.921 bits per heavy atom. The van der Waals surface area contributed by atoms with Gasteiger partial charge in [0.25, 0.3) is 0 Å². The van der Waals surface area contributed by atoms with E-state index in [0.29, 0.717) is 42.9 Å². The third-order valence-electron chi connectivity index (χ3n) is 10.3. The highest BCUT2D eigenvalue weighted by Gasteiger charge is 2.44. The number of hydrogen-bond donors (Lipinski definition) is 3. The summed E-state index contributed by atoms with van der Waals surface area (Å²) in [6.45, 7) is 7.04. The number of fused-ring (bicyclic) bond motifs is 1. The molecule has 9 nitrogen and oxygen atoms in total. The molecule has 10 heteroatoms. The third-order valence-corrected chi connectivity index (χ3v) is 11.0. The van der Waals surface area contributed by atoms with Gasteiger partial charge < -0.3 is 10.1 Å². The molecule has 3 saturated heterocycles. The molecule has 0 aromatic rings. The lowest BCUT2D eigenvalue weighted by Crippen LogP contribution is -2.63. The van der Waals surface area contributed by atoms with Crippen molar-refractivity contribution in [3.63, 3.8) is 0 Å². The van der Waals surface area contributed by atoms with E-state index < -0.39 is 10.0 Å². The van der Waals surface area contributed by atoms with Crippen LogP contribution in [0.15, 0.2) is 0 Å². The molecule has 0 bridgehead atoms. The van der Waals surface area contributed by atoms with Crippen LogP contribution in [0.5, 0.6) is 0 Å². The minimum Gasteiger partial charge on any atom is -0.380 e. The molecule has 2 saturated carbocycles. The van der Waals surface area contributed by atoms with E-state index in [4.69, 9.17) is 4.74 Å². The Bertz CT molecular complexity index is 840. The lowest BCUT2D eigenvalue weighted by atomic mass is 9.74. The Morgan fingerprint density at radius 2 is 1.76 bits per heavy atom. The maximum atomic E-state index is 11.8. The average molecular weight is 555 g/mol. The van der Waals surface area contributed by atoms with Crippen molar-refractivity contribution in [3.05, 3.63) is 0 Å². The first-order valence-corrected chi connectivity index (χ1v) is 17.5. The topological polar surface area (TPSA) is 89.2 Å². The fourth-order valence-corrected chi connectivity index (χ4v) is 8.89. The SMILES string of the molecule is COC1CCC2CCCNC2C1N1CCCN(C(CCNS(C)(=O)=O)C2CCN(C3CCCCC3)N2)CC1. The number of sulfonamides is 1. The van der Waals surface area contributed by atoms with Crippen LogP contribution in [-0.4, -0.2) is 119 Å². The second kappa shape index (κ2) is 13.6. The molecule has 220 valence electrons. The molecule has 2 aliphatic carbocycles. The van der Waals surface area contributed by atoms with E-state index in [1.54, 1.807) is 0 Å². The number of ether oxygens (including phenoxy) is 1. The quantitative estimate of drug-likeness (QED) is 0.398. The lowest BCUT2D eigenvalue weighted by molar-refractivity contribution is -0.0492. The smallest absolute Gasteiger partial charge is 0.208 e. The van der Waals surface area contributed by atoms with E-state index in [-0.39, 0.29) is 0 Å². The molecule has 6 unspecified atom stereocenters. The van der Waals surface area contributed by atoms with Gasteiger partial charge in [-0.15, -0.1) is 0 Å². The van der Waals surface area contributed by atoms with Gasteiger partial charge in [-0.25, -0.2) is 18.1 Å². The molecule has 0 spiro atoms. The standard InChI is InChI=1S/C28H54N6O3S/c1-37-26-12-11-22-8-6-15-29-27(22)28(26)33-18-7-17-32(20-21-33)25(13-16-30-38(2,35)36)24-14-19-34(31-24)23-9-4-3-5-10-23/h22-31H,3-21H2,1-2H3. The Kier molecular flexibility index (Phi) is 10.4. The molecule has 3 heterocycles. The Balaban J connectivity index is 1.25. The zero-order valence-electron chi connectivity index (χ0n) is 24.0. The Hall–Kier alpha value is -0.330. The van der Waals surface area contributed by atoms with E-state index in [9.17, 15) is 8.42 Å². The van der Waals surface area contributed by atoms with Gasteiger partial charge in [0.2, 0.25) is 10.0 Å². The molecule has 5 rings (SSSR count). The van der Waals surface area contributed by atoms with Crippen LogP contribution in [0, 0.1) is 5.92 Å². The second-order valence-electron chi connectivity index (χ2n) is 12.7. The molecule has 0 aromatic heterocycles. The summed E-state index contributed by atoms with van der Waals surface area (Å²) in [6, 6.07) is 2.38. The highest BCUT2D eigenvalue weighted by molar-refractivity contribution is 7.88. The largest absolute Gasteiger partial charge is 0.380 e. The van der Waals surface area contributed by atoms with Crippen LogP contribution in [0.3, 0.4) is 0 Å². The maximum Gasteiger partial charge on any atom is 0.208 e. The van der Waals surface area contributed by atoms with E-state index in [0.717, 1.165) is 64.4 Å². The van der Waals surface area contributed by atoms with Crippen LogP contribution in [0.1, 0.15) is 77.0 Å². The van der Waals surface area contributed by atoms with Crippen molar-refractivity contribution in [3.8, 4) is 0 Å². The summed E-state index contributed by atoms with van der Waals surface area (Å²) in [7, 11) is -1.28. The van der Waals surface area contributed by atoms with Crippen molar-refractivity contribution in [1.82, 2.24) is 30.3 Å². The summed E-state index contributed by atoms with van der Waals surface area (Å²) < 4.78 is 32.5. The summed E-state index contributed by atoms with van der Waals surface area (Å²) in [5.74, 6) is 0.780. The van der Waals surface area contributed by atoms with Crippen LogP contribution in [0.25, 0.3) is 0 Å². The molecule has 3 aliphatic heterocycles. The van der Waals surface area contributed by atoms with Gasteiger partial charge in [-0.3, -0.25) is 15.2 Å². The number of rotatable bonds is 9. The van der Waals surface area contributed by atoms with Gasteiger partial charge in [-0.1, -0.05) is 19.3 Å². The number of nitrogens with zero attached hydrogens (tertiary/aromatic N) is 3. The molecule has 0 amide bonds. The fourth-order valence-electron chi connectivity index (χ4n) is 8.40. The molecule has 3 N–H and O–H groups in total. The molecular weight excluding hydrogens is 500 g/mol. The zero-order valence-corrected chi connectivity index (χ0v) is 24.8. The molecule has 6 atom stereocenters. The van der Waals surface area contributed by atoms with Crippen molar-refractivity contribution in [2.45, 2.75) is 113 Å². The van der Waals surface area contributed by atoms with Gasteiger partial charge in [0.1, 0.15) is 0 Å². The Labute approximate surface area is 231 Å². The van der Waals surface area contributed by atoms with Crippen molar-refractivity contribution >= 4 is 10.0 Å². The average Bonchev–Trinajstić information content (AvgIpc) is 3.29. The van der Waals surface area contributed by atoms with Crippen LogP contribution in [0.4, 0.5) is 0 Å². The minimum absolute atomic E-state index is 0.309. The highest BCUT2D eigenvalue weighted by Crippen LogP contribution is 2.35. The van der Waals surface area contributed by atoms with E-state index in [1.807, 2.05) is 7.11 Å². The molecule has 5 aliphatic rings. The van der Waals surface area contributed by atoms with Gasteiger partial charge in [0.05, 0.1) is 18.4 Å². The van der Waals surface area contributed by atoms with Gasteiger partial charge in [-0.2, -0.15) is 0 Å². The number of hydrazine groups is 1. The fraction of sp³-hybridized carbons (Fsp3) is 1.00. The zero-order chi connectivity index (χ0) is 26.5. The number of methoxy groups -OCH3 is 1. The van der Waals surface area contributed by atoms with Crippen molar-refractivity contribution in [1.29, 1.82) is 0 Å². The second-order valence-corrected chi connectivity index (χ2v) is 14.5. The van der Waals surface area contributed by atoms with E-state index in [1.165, 1.54) is 64.0 Å².